The number of benzene rings is 2. The molecule has 5 unspecified atom stereocenters. The predicted molar refractivity (Wildman–Crippen MR) is 149 cm³/mol. The van der Waals surface area contributed by atoms with E-state index in [9.17, 15) is 28.3 Å². The molecule has 0 spiro atoms. The number of alkyl halides is 2. The molecule has 0 radical (unpaired) electrons. The molecule has 5 rings (SSSR count). The number of halogens is 2. The fraction of sp³-hybridized carbons (Fsp3) is 0.500. The van der Waals surface area contributed by atoms with Crippen LogP contribution in [0.4, 0.5) is 8.78 Å². The summed E-state index contributed by atoms with van der Waals surface area (Å²) in [5.74, 6) is -6.69. The maximum atomic E-state index is 13.9. The van der Waals surface area contributed by atoms with Gasteiger partial charge in [-0.25, -0.2) is 18.4 Å². The number of aliphatic carboxylic acids is 2. The summed E-state index contributed by atoms with van der Waals surface area (Å²) in [6.45, 7) is 3.22. The largest absolute Gasteiger partial charge is 0.479 e. The zero-order valence-corrected chi connectivity index (χ0v) is 23.4. The molecule has 1 saturated heterocycles. The lowest BCUT2D eigenvalue weighted by atomic mass is 9.79. The average Bonchev–Trinajstić information content (AvgIpc) is 3.26. The molecule has 2 aromatic carbocycles. The third kappa shape index (κ3) is 7.73. The maximum Gasteiger partial charge on any atom is 0.335 e. The summed E-state index contributed by atoms with van der Waals surface area (Å²) in [4.78, 5) is 35.1. The molecule has 11 nitrogen and oxygen atoms in total. The van der Waals surface area contributed by atoms with Crippen molar-refractivity contribution in [2.45, 2.75) is 55.6 Å². The van der Waals surface area contributed by atoms with Crippen LogP contribution in [0.1, 0.15) is 30.4 Å². The molecule has 0 aromatic heterocycles. The molecule has 43 heavy (non-hydrogen) atoms. The zero-order valence-electron chi connectivity index (χ0n) is 23.4. The Kier molecular flexibility index (Phi) is 10.1. The van der Waals surface area contributed by atoms with E-state index in [4.69, 9.17) is 20.4 Å². The van der Waals surface area contributed by atoms with Crippen molar-refractivity contribution in [3.8, 4) is 0 Å². The Morgan fingerprint density at radius 2 is 1.47 bits per heavy atom. The number of aliphatic hydroxyl groups is 3. The maximum absolute atomic E-state index is 13.9. The third-order valence-electron chi connectivity index (χ3n) is 8.46. The van der Waals surface area contributed by atoms with Crippen molar-refractivity contribution in [3.05, 3.63) is 71.8 Å². The Morgan fingerprint density at radius 3 is 1.95 bits per heavy atom. The Bertz CT molecular complexity index is 1240. The molecular formula is C30H37F2N3O8. The van der Waals surface area contributed by atoms with E-state index < -0.39 is 53.9 Å². The van der Waals surface area contributed by atoms with E-state index in [-0.39, 0.29) is 19.5 Å². The second-order valence-electron chi connectivity index (χ2n) is 11.4. The Balaban J connectivity index is 0.000000365. The fourth-order valence-corrected chi connectivity index (χ4v) is 6.09. The van der Waals surface area contributed by atoms with Gasteiger partial charge in [0, 0.05) is 44.4 Å². The summed E-state index contributed by atoms with van der Waals surface area (Å²) in [6.07, 6.45) is -5.20. The molecule has 2 saturated carbocycles. The van der Waals surface area contributed by atoms with Gasteiger partial charge in [0.15, 0.2) is 17.8 Å². The van der Waals surface area contributed by atoms with Crippen molar-refractivity contribution < 1.29 is 48.7 Å². The van der Waals surface area contributed by atoms with Gasteiger partial charge in [-0.2, -0.15) is 0 Å². The number of carboxylic acids is 2. The smallest absolute Gasteiger partial charge is 0.335 e. The van der Waals surface area contributed by atoms with E-state index in [0.29, 0.717) is 23.4 Å². The highest BCUT2D eigenvalue weighted by Crippen LogP contribution is 2.48. The second-order valence-corrected chi connectivity index (χ2v) is 11.4. The molecule has 13 heteroatoms. The minimum Gasteiger partial charge on any atom is -0.479 e. The number of likely N-dealkylation sites (tertiary alicyclic amines) is 1. The van der Waals surface area contributed by atoms with Crippen LogP contribution >= 0.6 is 0 Å². The Labute approximate surface area is 247 Å². The lowest BCUT2D eigenvalue weighted by Crippen LogP contribution is -2.51. The number of nitrogens with zero attached hydrogens (tertiary/aromatic N) is 1. The lowest BCUT2D eigenvalue weighted by molar-refractivity contribution is -0.165. The van der Waals surface area contributed by atoms with E-state index >= 15 is 0 Å². The molecule has 234 valence electrons. The first-order chi connectivity index (χ1) is 20.3. The van der Waals surface area contributed by atoms with Gasteiger partial charge < -0.3 is 30.8 Å². The molecular weight excluding hydrogens is 568 g/mol. The highest BCUT2D eigenvalue weighted by Gasteiger charge is 2.56. The summed E-state index contributed by atoms with van der Waals surface area (Å²) in [5.41, 5.74) is -0.285. The number of rotatable bonds is 11. The van der Waals surface area contributed by atoms with E-state index in [0.717, 1.165) is 19.6 Å². The van der Waals surface area contributed by atoms with Gasteiger partial charge in [-0.3, -0.25) is 15.0 Å². The van der Waals surface area contributed by atoms with Crippen molar-refractivity contribution in [3.63, 3.8) is 0 Å². The van der Waals surface area contributed by atoms with E-state index in [1.807, 2.05) is 6.07 Å². The number of carbonyl (C=O) groups is 3. The van der Waals surface area contributed by atoms with Crippen LogP contribution in [-0.2, 0) is 26.5 Å². The number of piperidine rings is 1. The minimum absolute atomic E-state index is 0.114. The second kappa shape index (κ2) is 13.4. The number of carbonyl (C=O) groups excluding carboxylic acids is 1. The van der Waals surface area contributed by atoms with E-state index in [1.165, 1.54) is 5.56 Å². The van der Waals surface area contributed by atoms with Crippen LogP contribution in [-0.4, -0.2) is 92.2 Å². The van der Waals surface area contributed by atoms with Gasteiger partial charge in [0.05, 0.1) is 6.67 Å². The third-order valence-corrected chi connectivity index (χ3v) is 8.46. The topological polar surface area (TPSA) is 180 Å². The molecule has 3 aliphatic rings. The molecule has 0 bridgehead atoms. The summed E-state index contributed by atoms with van der Waals surface area (Å²) in [6, 6.07) is 19.2. The van der Waals surface area contributed by atoms with E-state index in [1.54, 1.807) is 30.3 Å². The summed E-state index contributed by atoms with van der Waals surface area (Å²) in [7, 11) is 0. The van der Waals surface area contributed by atoms with Gasteiger partial charge in [-0.05, 0) is 29.4 Å². The van der Waals surface area contributed by atoms with Crippen LogP contribution in [0.15, 0.2) is 60.7 Å². The molecule has 6 atom stereocenters. The molecule has 7 N–H and O–H groups in total. The molecule has 1 aliphatic heterocycles. The van der Waals surface area contributed by atoms with Crippen molar-refractivity contribution in [2.24, 2.45) is 17.8 Å². The quantitative estimate of drug-likeness (QED) is 0.183. The highest BCUT2D eigenvalue weighted by atomic mass is 19.3. The van der Waals surface area contributed by atoms with Crippen molar-refractivity contribution in [2.75, 3.05) is 19.8 Å². The SMILES string of the molecule is O=C(NCNC1C2CN(Cc3ccccc3)CC21)[C@](O)(c1ccccc1)C1CCC(F)(F)C1.O=C(O)C(O)C(O)C(=O)O. The van der Waals surface area contributed by atoms with Crippen LogP contribution in [0.5, 0.6) is 0 Å². The van der Waals surface area contributed by atoms with Crippen LogP contribution in [0.25, 0.3) is 0 Å². The first kappa shape index (κ1) is 32.4. The Hall–Kier alpha value is -3.49. The number of hydrogen-bond donors (Lipinski definition) is 7. The molecule has 3 fully saturated rings. The van der Waals surface area contributed by atoms with Gasteiger partial charge in [-0.1, -0.05) is 60.7 Å². The number of fused-ring (bicyclic) bond motifs is 1. The average molecular weight is 606 g/mol. The molecule has 2 aliphatic carbocycles. The fourth-order valence-electron chi connectivity index (χ4n) is 6.09. The van der Waals surface area contributed by atoms with E-state index in [2.05, 4.69) is 39.8 Å². The van der Waals surface area contributed by atoms with Crippen LogP contribution in [0.3, 0.4) is 0 Å². The normalized spacial score (nSPS) is 26.6. The predicted octanol–water partition coefficient (Wildman–Crippen LogP) is 0.981. The number of hydrogen-bond acceptors (Lipinski definition) is 8. The number of nitrogens with one attached hydrogen (secondary N) is 2. The van der Waals surface area contributed by atoms with Crippen molar-refractivity contribution >= 4 is 17.8 Å². The van der Waals surface area contributed by atoms with Gasteiger partial charge in [0.25, 0.3) is 5.91 Å². The summed E-state index contributed by atoms with van der Waals surface area (Å²) >= 11 is 0. The molecule has 1 heterocycles. The summed E-state index contributed by atoms with van der Waals surface area (Å²) in [5, 5.41) is 50.1. The first-order valence-electron chi connectivity index (χ1n) is 14.1. The zero-order chi connectivity index (χ0) is 31.4. The number of carboxylic acid groups (broad SMARTS) is 2. The monoisotopic (exact) mass is 605 g/mol. The van der Waals surface area contributed by atoms with Crippen molar-refractivity contribution in [1.29, 1.82) is 0 Å². The van der Waals surface area contributed by atoms with Gasteiger partial charge in [-0.15, -0.1) is 0 Å². The number of aliphatic hydroxyl groups excluding tert-OH is 2. The highest BCUT2D eigenvalue weighted by molar-refractivity contribution is 5.86. The lowest BCUT2D eigenvalue weighted by Gasteiger charge is -2.33. The van der Waals surface area contributed by atoms with Crippen LogP contribution in [0.2, 0.25) is 0 Å². The van der Waals surface area contributed by atoms with Crippen LogP contribution < -0.4 is 10.6 Å². The van der Waals surface area contributed by atoms with Gasteiger partial charge >= 0.3 is 11.9 Å². The minimum atomic E-state index is -2.84. The molecule has 2 aromatic rings. The van der Waals surface area contributed by atoms with Crippen LogP contribution in [0, 0.1) is 17.8 Å². The standard InChI is InChI=1S/C26H31F2N3O2.C4H6O6/c27-25(28)12-11-20(13-25)26(33,19-9-5-2-6-10-19)24(32)30-17-29-23-21-15-31(16-22(21)23)14-18-7-3-1-4-8-18;5-1(3(7)8)2(6)4(9)10/h1-10,20-23,29,33H,11-17H2,(H,30,32);1-2,5-6H,(H,7,8)(H,9,10)/t20?,21?,22?,23?,26-;/m0./s1. The number of amides is 1. The van der Waals surface area contributed by atoms with Crippen molar-refractivity contribution in [1.82, 2.24) is 15.5 Å². The Morgan fingerprint density at radius 1 is 0.930 bits per heavy atom. The first-order valence-corrected chi connectivity index (χ1v) is 14.1. The summed E-state index contributed by atoms with van der Waals surface area (Å²) < 4.78 is 27.8. The van der Waals surface area contributed by atoms with Gasteiger partial charge in [0.2, 0.25) is 5.92 Å². The molecule has 1 amide bonds. The van der Waals surface area contributed by atoms with Gasteiger partial charge in [0.1, 0.15) is 0 Å².